The number of carbonyl (C=O) groups is 3. The molecule has 2 saturated heterocycles. The lowest BCUT2D eigenvalue weighted by molar-refractivity contribution is -0.140. The van der Waals surface area contributed by atoms with E-state index >= 15 is 0 Å². The zero-order valence-corrected chi connectivity index (χ0v) is 18.6. The number of ether oxygens (including phenoxy) is 2. The Hall–Kier alpha value is -2.77. The van der Waals surface area contributed by atoms with Crippen molar-refractivity contribution in [3.05, 3.63) is 23.8 Å². The topological polar surface area (TPSA) is 88.2 Å². The lowest BCUT2D eigenvalue weighted by atomic mass is 9.77. The van der Waals surface area contributed by atoms with Crippen LogP contribution in [0.2, 0.25) is 0 Å². The van der Waals surface area contributed by atoms with Gasteiger partial charge in [0, 0.05) is 13.0 Å². The van der Waals surface area contributed by atoms with Crippen LogP contribution in [0.4, 0.5) is 4.79 Å². The maximum atomic E-state index is 13.2. The monoisotopic (exact) mass is 441 g/mol. The molecule has 172 valence electrons. The first-order valence-electron chi connectivity index (χ1n) is 11.8. The fraction of sp³-hybridized carbons (Fsp3) is 0.625. The number of nitrogens with one attached hydrogen (secondary N) is 1. The van der Waals surface area contributed by atoms with Crippen LogP contribution in [0.3, 0.4) is 0 Å². The number of carbonyl (C=O) groups excluding carboxylic acids is 3. The van der Waals surface area contributed by atoms with Gasteiger partial charge in [-0.15, -0.1) is 0 Å². The van der Waals surface area contributed by atoms with E-state index in [1.165, 1.54) is 0 Å². The first-order chi connectivity index (χ1) is 15.5. The van der Waals surface area contributed by atoms with Crippen LogP contribution in [0.5, 0.6) is 11.5 Å². The van der Waals surface area contributed by atoms with E-state index in [0.29, 0.717) is 44.3 Å². The van der Waals surface area contributed by atoms with Gasteiger partial charge in [-0.2, -0.15) is 0 Å². The molecule has 1 atom stereocenters. The Labute approximate surface area is 188 Å². The molecule has 0 radical (unpaired) electrons. The smallest absolute Gasteiger partial charge is 0.325 e. The van der Waals surface area contributed by atoms with Crippen molar-refractivity contribution < 1.29 is 23.9 Å². The minimum absolute atomic E-state index is 0.0927. The van der Waals surface area contributed by atoms with Crippen molar-refractivity contribution in [3.8, 4) is 11.5 Å². The highest BCUT2D eigenvalue weighted by Crippen LogP contribution is 2.39. The van der Waals surface area contributed by atoms with E-state index in [1.807, 2.05) is 18.2 Å². The van der Waals surface area contributed by atoms with Crippen LogP contribution in [0.15, 0.2) is 18.2 Å². The molecule has 1 N–H and O–H groups in total. The van der Waals surface area contributed by atoms with E-state index in [0.717, 1.165) is 48.3 Å². The van der Waals surface area contributed by atoms with Crippen molar-refractivity contribution >= 4 is 17.8 Å². The van der Waals surface area contributed by atoms with E-state index in [-0.39, 0.29) is 24.4 Å². The molecule has 3 fully saturated rings. The quantitative estimate of drug-likeness (QED) is 0.729. The third kappa shape index (κ3) is 3.69. The predicted molar refractivity (Wildman–Crippen MR) is 116 cm³/mol. The number of nitrogens with zero attached hydrogens (tertiary/aromatic N) is 2. The molecule has 5 rings (SSSR count). The van der Waals surface area contributed by atoms with Crippen LogP contribution < -0.4 is 14.8 Å². The Morgan fingerprint density at radius 2 is 1.84 bits per heavy atom. The number of imide groups is 1. The molecule has 1 aliphatic carbocycles. The molecule has 1 aromatic carbocycles. The van der Waals surface area contributed by atoms with Crippen LogP contribution in [-0.2, 0) is 9.59 Å². The Kier molecular flexibility index (Phi) is 5.47. The summed E-state index contributed by atoms with van der Waals surface area (Å²) >= 11 is 0. The number of amides is 4. The first kappa shape index (κ1) is 21.1. The summed E-state index contributed by atoms with van der Waals surface area (Å²) in [5.41, 5.74) is 0.179. The van der Waals surface area contributed by atoms with Crippen LogP contribution in [-0.4, -0.2) is 59.5 Å². The zero-order chi connectivity index (χ0) is 22.3. The van der Waals surface area contributed by atoms with Gasteiger partial charge in [-0.05, 0) is 62.1 Å². The second-order valence-corrected chi connectivity index (χ2v) is 9.59. The van der Waals surface area contributed by atoms with Crippen molar-refractivity contribution in [1.29, 1.82) is 0 Å². The Bertz CT molecular complexity index is 924. The minimum Gasteiger partial charge on any atom is -0.490 e. The first-order valence-corrected chi connectivity index (χ1v) is 11.8. The molecule has 32 heavy (non-hydrogen) atoms. The maximum absolute atomic E-state index is 13.2. The maximum Gasteiger partial charge on any atom is 0.325 e. The minimum atomic E-state index is -0.817. The average molecular weight is 442 g/mol. The van der Waals surface area contributed by atoms with Gasteiger partial charge in [0.2, 0.25) is 5.91 Å². The lowest BCUT2D eigenvalue weighted by Crippen LogP contribution is -2.50. The summed E-state index contributed by atoms with van der Waals surface area (Å²) in [4.78, 5) is 41.9. The highest BCUT2D eigenvalue weighted by atomic mass is 16.5. The van der Waals surface area contributed by atoms with Crippen LogP contribution >= 0.6 is 0 Å². The highest BCUT2D eigenvalue weighted by molar-refractivity contribution is 6.09. The van der Waals surface area contributed by atoms with Crippen molar-refractivity contribution in [2.45, 2.75) is 63.5 Å². The molecule has 0 aromatic heterocycles. The second kappa shape index (κ2) is 8.30. The summed E-state index contributed by atoms with van der Waals surface area (Å²) in [7, 11) is 0. The third-order valence-electron chi connectivity index (χ3n) is 7.40. The van der Waals surface area contributed by atoms with Gasteiger partial charge < -0.3 is 19.7 Å². The molecule has 1 aromatic rings. The summed E-state index contributed by atoms with van der Waals surface area (Å²) in [6.45, 7) is 3.82. The Balaban J connectivity index is 1.30. The van der Waals surface area contributed by atoms with E-state index in [1.54, 1.807) is 4.90 Å². The molecule has 3 aliphatic heterocycles. The molecule has 0 bridgehead atoms. The van der Waals surface area contributed by atoms with Gasteiger partial charge in [0.05, 0.1) is 19.3 Å². The molecule has 8 nitrogen and oxygen atoms in total. The van der Waals surface area contributed by atoms with Gasteiger partial charge >= 0.3 is 6.03 Å². The normalized spacial score (nSPS) is 29.9. The molecular formula is C24H31N3O5. The molecule has 4 amide bonds. The fourth-order valence-electron chi connectivity index (χ4n) is 5.44. The van der Waals surface area contributed by atoms with Gasteiger partial charge in [-0.1, -0.05) is 13.0 Å². The summed E-state index contributed by atoms with van der Waals surface area (Å²) in [5.74, 6) is 1.57. The highest BCUT2D eigenvalue weighted by Gasteiger charge is 2.52. The van der Waals surface area contributed by atoms with Crippen molar-refractivity contribution in [3.63, 3.8) is 0 Å². The SMILES string of the molecule is CC1CCC2(CC1)NC(=O)N(CC(=O)N1CCC[C@H]1c1ccc3c(c1)OCCCO3)C2=O. The van der Waals surface area contributed by atoms with Crippen molar-refractivity contribution in [2.75, 3.05) is 26.3 Å². The van der Waals surface area contributed by atoms with Crippen LogP contribution in [0, 0.1) is 5.92 Å². The average Bonchev–Trinajstić information content (AvgIpc) is 3.27. The molecule has 8 heteroatoms. The molecule has 4 aliphatic rings. The summed E-state index contributed by atoms with van der Waals surface area (Å²) in [5, 5.41) is 2.90. The van der Waals surface area contributed by atoms with Gasteiger partial charge in [-0.25, -0.2) is 4.79 Å². The van der Waals surface area contributed by atoms with Gasteiger partial charge in [0.1, 0.15) is 12.1 Å². The molecule has 1 spiro atoms. The number of fused-ring (bicyclic) bond motifs is 1. The Morgan fingerprint density at radius 1 is 1.09 bits per heavy atom. The largest absolute Gasteiger partial charge is 0.490 e. The molecular weight excluding hydrogens is 410 g/mol. The summed E-state index contributed by atoms with van der Waals surface area (Å²) in [6.07, 6.45) is 5.67. The van der Waals surface area contributed by atoms with Crippen molar-refractivity contribution in [2.24, 2.45) is 5.92 Å². The number of rotatable bonds is 3. The molecule has 0 unspecified atom stereocenters. The predicted octanol–water partition coefficient (Wildman–Crippen LogP) is 3.01. The van der Waals surface area contributed by atoms with Gasteiger partial charge in [-0.3, -0.25) is 14.5 Å². The van der Waals surface area contributed by atoms with E-state index < -0.39 is 11.6 Å². The third-order valence-corrected chi connectivity index (χ3v) is 7.40. The van der Waals surface area contributed by atoms with Crippen molar-refractivity contribution in [1.82, 2.24) is 15.1 Å². The summed E-state index contributed by atoms with van der Waals surface area (Å²) < 4.78 is 11.5. The summed E-state index contributed by atoms with van der Waals surface area (Å²) in [6, 6.07) is 5.31. The standard InChI is InChI=1S/C24H31N3O5/c1-16-7-9-24(10-8-16)22(29)27(23(30)25-24)15-21(28)26-11-2-4-18(26)17-5-6-19-20(14-17)32-13-3-12-31-19/h5-6,14,16,18H,2-4,7-13,15H2,1H3,(H,25,30)/t16?,18-,24?/m0/s1. The van der Waals surface area contributed by atoms with Gasteiger partial charge in [0.25, 0.3) is 5.91 Å². The number of hydrogen-bond donors (Lipinski definition) is 1. The number of likely N-dealkylation sites (tertiary alicyclic amines) is 1. The van der Waals surface area contributed by atoms with Gasteiger partial charge in [0.15, 0.2) is 11.5 Å². The Morgan fingerprint density at radius 3 is 2.62 bits per heavy atom. The lowest BCUT2D eigenvalue weighted by Gasteiger charge is -2.33. The van der Waals surface area contributed by atoms with Crippen LogP contribution in [0.25, 0.3) is 0 Å². The fourth-order valence-corrected chi connectivity index (χ4v) is 5.44. The van der Waals surface area contributed by atoms with Crippen LogP contribution in [0.1, 0.15) is 63.5 Å². The molecule has 1 saturated carbocycles. The van der Waals surface area contributed by atoms with E-state index in [9.17, 15) is 14.4 Å². The van der Waals surface area contributed by atoms with E-state index in [4.69, 9.17) is 9.47 Å². The second-order valence-electron chi connectivity index (χ2n) is 9.59. The molecule has 3 heterocycles. The van der Waals surface area contributed by atoms with E-state index in [2.05, 4.69) is 12.2 Å². The zero-order valence-electron chi connectivity index (χ0n) is 18.6. The number of hydrogen-bond acceptors (Lipinski definition) is 5. The number of benzene rings is 1. The number of urea groups is 1.